The highest BCUT2D eigenvalue weighted by molar-refractivity contribution is 6.31. The molecule has 0 unspecified atom stereocenters. The van der Waals surface area contributed by atoms with Gasteiger partial charge in [0.25, 0.3) is 0 Å². The highest BCUT2D eigenvalue weighted by Crippen LogP contribution is 2.37. The largest absolute Gasteiger partial charge is 0.454 e. The monoisotopic (exact) mass is 457 g/mol. The van der Waals surface area contributed by atoms with Gasteiger partial charge < -0.3 is 19.7 Å². The summed E-state index contributed by atoms with van der Waals surface area (Å²) in [5.41, 5.74) is 1.59. The van der Waals surface area contributed by atoms with Crippen LogP contribution in [0.2, 0.25) is 5.02 Å². The first-order chi connectivity index (χ1) is 15.4. The number of fused-ring (bicyclic) bond motifs is 1. The van der Waals surface area contributed by atoms with Crippen molar-refractivity contribution in [3.05, 3.63) is 52.5 Å². The van der Waals surface area contributed by atoms with E-state index in [0.29, 0.717) is 54.0 Å². The first-order valence-corrected chi connectivity index (χ1v) is 10.8. The molecule has 0 aliphatic carbocycles. The summed E-state index contributed by atoms with van der Waals surface area (Å²) in [6.45, 7) is 3.94. The predicted molar refractivity (Wildman–Crippen MR) is 119 cm³/mol. The van der Waals surface area contributed by atoms with Gasteiger partial charge in [0, 0.05) is 42.8 Å². The number of ketones is 1. The standard InChI is InChI=1S/C23H24ClN3O5/c1-15(28)17-11-20-21(32-14-31-20)12-19(17)25-22(29)13-26-6-8-27(9-7-26)23(30)10-16-4-2-3-5-18(16)24/h2-5,11-12H,6-10,13-14H2,1H3,(H,25,29). The Bertz CT molecular complexity index is 1050. The zero-order valence-electron chi connectivity index (χ0n) is 17.7. The van der Waals surface area contributed by atoms with Gasteiger partial charge in [-0.1, -0.05) is 29.8 Å². The maximum absolute atomic E-state index is 12.6. The minimum Gasteiger partial charge on any atom is -0.454 e. The Labute approximate surface area is 191 Å². The summed E-state index contributed by atoms with van der Waals surface area (Å²) in [4.78, 5) is 41.0. The normalized spacial score (nSPS) is 15.5. The number of hydrogen-bond donors (Lipinski definition) is 1. The lowest BCUT2D eigenvalue weighted by Gasteiger charge is -2.34. The zero-order valence-corrected chi connectivity index (χ0v) is 18.5. The molecule has 0 spiro atoms. The van der Waals surface area contributed by atoms with Crippen molar-refractivity contribution in [1.29, 1.82) is 0 Å². The lowest BCUT2D eigenvalue weighted by molar-refractivity contribution is -0.132. The number of carbonyl (C=O) groups excluding carboxylic acids is 3. The molecule has 2 aliphatic rings. The molecule has 9 heteroatoms. The molecule has 0 atom stereocenters. The average molecular weight is 458 g/mol. The number of rotatable bonds is 6. The van der Waals surface area contributed by atoms with E-state index in [0.717, 1.165) is 5.56 Å². The maximum atomic E-state index is 12.6. The van der Waals surface area contributed by atoms with Crippen LogP contribution in [0.25, 0.3) is 0 Å². The summed E-state index contributed by atoms with van der Waals surface area (Å²) in [5.74, 6) is 0.599. The second-order valence-electron chi connectivity index (χ2n) is 7.78. The Balaban J connectivity index is 1.30. The number of nitrogens with one attached hydrogen (secondary N) is 1. The molecule has 0 bridgehead atoms. The van der Waals surface area contributed by atoms with E-state index in [1.54, 1.807) is 23.1 Å². The number of piperazine rings is 1. The first-order valence-electron chi connectivity index (χ1n) is 10.4. The van der Waals surface area contributed by atoms with Crippen molar-refractivity contribution in [1.82, 2.24) is 9.80 Å². The highest BCUT2D eigenvalue weighted by Gasteiger charge is 2.24. The fourth-order valence-electron chi connectivity index (χ4n) is 3.80. The molecule has 0 radical (unpaired) electrons. The number of benzene rings is 2. The summed E-state index contributed by atoms with van der Waals surface area (Å²) in [7, 11) is 0. The molecule has 1 N–H and O–H groups in total. The van der Waals surface area contributed by atoms with Crippen molar-refractivity contribution in [2.24, 2.45) is 0 Å². The second kappa shape index (κ2) is 9.58. The molecular weight excluding hydrogens is 434 g/mol. The molecule has 8 nitrogen and oxygen atoms in total. The maximum Gasteiger partial charge on any atom is 0.238 e. The number of Topliss-reactive ketones (excluding diaryl/α,β-unsaturated/α-hetero) is 1. The fraction of sp³-hybridized carbons (Fsp3) is 0.348. The highest BCUT2D eigenvalue weighted by atomic mass is 35.5. The molecule has 2 aromatic rings. The van der Waals surface area contributed by atoms with Gasteiger partial charge in [0.05, 0.1) is 18.7 Å². The van der Waals surface area contributed by atoms with Crippen molar-refractivity contribution in [3.8, 4) is 11.5 Å². The Kier molecular flexibility index (Phi) is 6.62. The SMILES string of the molecule is CC(=O)c1cc2c(cc1NC(=O)CN1CCN(C(=O)Cc3ccccc3Cl)CC1)OCO2. The topological polar surface area (TPSA) is 88.2 Å². The summed E-state index contributed by atoms with van der Waals surface area (Å²) in [6, 6.07) is 10.5. The Hall–Kier alpha value is -3.10. The van der Waals surface area contributed by atoms with Crippen LogP contribution in [0.4, 0.5) is 5.69 Å². The molecule has 32 heavy (non-hydrogen) atoms. The van der Waals surface area contributed by atoms with Gasteiger partial charge in [-0.3, -0.25) is 19.3 Å². The average Bonchev–Trinajstić information content (AvgIpc) is 3.22. The molecular formula is C23H24ClN3O5. The van der Waals surface area contributed by atoms with E-state index in [-0.39, 0.29) is 37.4 Å². The number of nitrogens with zero attached hydrogens (tertiary/aromatic N) is 2. The lowest BCUT2D eigenvalue weighted by atomic mass is 10.1. The van der Waals surface area contributed by atoms with E-state index >= 15 is 0 Å². The van der Waals surface area contributed by atoms with Gasteiger partial charge in [0.2, 0.25) is 18.6 Å². The fourth-order valence-corrected chi connectivity index (χ4v) is 4.00. The number of hydrogen-bond acceptors (Lipinski definition) is 6. The van der Waals surface area contributed by atoms with Gasteiger partial charge in [0.1, 0.15) is 0 Å². The molecule has 4 rings (SSSR count). The van der Waals surface area contributed by atoms with Gasteiger partial charge in [0.15, 0.2) is 17.3 Å². The van der Waals surface area contributed by atoms with Gasteiger partial charge in [-0.05, 0) is 24.6 Å². The molecule has 2 heterocycles. The Morgan fingerprint density at radius 3 is 2.41 bits per heavy atom. The van der Waals surface area contributed by atoms with Crippen LogP contribution in [0.5, 0.6) is 11.5 Å². The first kappa shape index (κ1) is 22.1. The molecule has 2 amide bonds. The third-order valence-electron chi connectivity index (χ3n) is 5.56. The summed E-state index contributed by atoms with van der Waals surface area (Å²) >= 11 is 6.16. The molecule has 0 aromatic heterocycles. The molecule has 2 aliphatic heterocycles. The molecule has 1 fully saturated rings. The van der Waals surface area contributed by atoms with Gasteiger partial charge in [-0.15, -0.1) is 0 Å². The van der Waals surface area contributed by atoms with E-state index < -0.39 is 0 Å². The minimum absolute atomic E-state index is 0.0219. The molecule has 2 aromatic carbocycles. The number of carbonyl (C=O) groups is 3. The van der Waals surface area contributed by atoms with Crippen molar-refractivity contribution < 1.29 is 23.9 Å². The van der Waals surface area contributed by atoms with Crippen LogP contribution in [0, 0.1) is 0 Å². The van der Waals surface area contributed by atoms with Gasteiger partial charge in [-0.25, -0.2) is 0 Å². The second-order valence-corrected chi connectivity index (χ2v) is 8.19. The van der Waals surface area contributed by atoms with E-state index in [4.69, 9.17) is 21.1 Å². The number of ether oxygens (including phenoxy) is 2. The summed E-state index contributed by atoms with van der Waals surface area (Å²) in [5, 5.41) is 3.40. The predicted octanol–water partition coefficient (Wildman–Crippen LogP) is 2.60. The van der Waals surface area contributed by atoms with Crippen LogP contribution in [-0.4, -0.2) is 66.9 Å². The molecule has 0 saturated carbocycles. The zero-order chi connectivity index (χ0) is 22.7. The quantitative estimate of drug-likeness (QED) is 0.671. The smallest absolute Gasteiger partial charge is 0.238 e. The lowest BCUT2D eigenvalue weighted by Crippen LogP contribution is -2.50. The van der Waals surface area contributed by atoms with Crippen LogP contribution in [0.15, 0.2) is 36.4 Å². The van der Waals surface area contributed by atoms with Crippen LogP contribution in [0.1, 0.15) is 22.8 Å². The molecule has 1 saturated heterocycles. The van der Waals surface area contributed by atoms with Crippen molar-refractivity contribution in [2.45, 2.75) is 13.3 Å². The van der Waals surface area contributed by atoms with Gasteiger partial charge >= 0.3 is 0 Å². The summed E-state index contributed by atoms with van der Waals surface area (Å²) < 4.78 is 10.7. The number of amides is 2. The van der Waals surface area contributed by atoms with E-state index in [2.05, 4.69) is 5.32 Å². The van der Waals surface area contributed by atoms with Crippen molar-refractivity contribution in [2.75, 3.05) is 44.8 Å². The third kappa shape index (κ3) is 5.03. The van der Waals surface area contributed by atoms with Crippen LogP contribution >= 0.6 is 11.6 Å². The van der Waals surface area contributed by atoms with Gasteiger partial charge in [-0.2, -0.15) is 0 Å². The van der Waals surface area contributed by atoms with E-state index in [1.165, 1.54) is 6.92 Å². The Morgan fingerprint density at radius 1 is 1.03 bits per heavy atom. The number of anilines is 1. The molecule has 168 valence electrons. The van der Waals surface area contributed by atoms with E-state index in [1.807, 2.05) is 23.1 Å². The summed E-state index contributed by atoms with van der Waals surface area (Å²) in [6.07, 6.45) is 0.262. The number of halogens is 1. The van der Waals surface area contributed by atoms with Crippen molar-refractivity contribution >= 4 is 34.9 Å². The van der Waals surface area contributed by atoms with Crippen LogP contribution in [0.3, 0.4) is 0 Å². The van der Waals surface area contributed by atoms with Crippen LogP contribution in [-0.2, 0) is 16.0 Å². The van der Waals surface area contributed by atoms with Crippen molar-refractivity contribution in [3.63, 3.8) is 0 Å². The third-order valence-corrected chi connectivity index (χ3v) is 5.93. The Morgan fingerprint density at radius 2 is 1.72 bits per heavy atom. The van der Waals surface area contributed by atoms with Crippen LogP contribution < -0.4 is 14.8 Å². The minimum atomic E-state index is -0.234. The van der Waals surface area contributed by atoms with E-state index in [9.17, 15) is 14.4 Å².